The molecule has 1 aliphatic carbocycles. The Kier molecular flexibility index (Phi) is 4.66. The highest BCUT2D eigenvalue weighted by Gasteiger charge is 2.38. The summed E-state index contributed by atoms with van der Waals surface area (Å²) < 4.78 is 44.9. The standard InChI is InChI=1S/C20H19F3N2O3/c21-20(22,23)15-5-2-4-13-17(7-8-28-18(13)15)25-19(27)24-16-6-1-3-11-9-12(26)10-14(11)16/h1-6,12,17,26H,7-10H2,(H2,24,25,27)/t12-,17-/m1/s1. The molecule has 148 valence electrons. The first-order chi connectivity index (χ1) is 13.3. The predicted molar refractivity (Wildman–Crippen MR) is 96.3 cm³/mol. The van der Waals surface area contributed by atoms with E-state index in [-0.39, 0.29) is 12.4 Å². The summed E-state index contributed by atoms with van der Waals surface area (Å²) in [6.07, 6.45) is -3.63. The fraction of sp³-hybridized carbons (Fsp3) is 0.350. The van der Waals surface area contributed by atoms with Gasteiger partial charge in [0.2, 0.25) is 0 Å². The van der Waals surface area contributed by atoms with E-state index >= 15 is 0 Å². The molecule has 5 nitrogen and oxygen atoms in total. The molecule has 0 saturated heterocycles. The van der Waals surface area contributed by atoms with Crippen LogP contribution in [-0.2, 0) is 19.0 Å². The Bertz CT molecular complexity index is 914. The molecule has 2 amide bonds. The Balaban J connectivity index is 1.53. The van der Waals surface area contributed by atoms with Gasteiger partial charge in [0.1, 0.15) is 5.75 Å². The fourth-order valence-corrected chi connectivity index (χ4v) is 3.86. The molecule has 0 aromatic heterocycles. The largest absolute Gasteiger partial charge is 0.492 e. The van der Waals surface area contributed by atoms with Gasteiger partial charge in [-0.25, -0.2) is 4.79 Å². The number of anilines is 1. The summed E-state index contributed by atoms with van der Waals surface area (Å²) in [6.45, 7) is 0.0813. The normalized spacial score (nSPS) is 20.7. The fourth-order valence-electron chi connectivity index (χ4n) is 3.86. The quantitative estimate of drug-likeness (QED) is 0.728. The van der Waals surface area contributed by atoms with Crippen LogP contribution in [-0.4, -0.2) is 23.8 Å². The van der Waals surface area contributed by atoms with E-state index < -0.39 is 29.9 Å². The predicted octanol–water partition coefficient (Wildman–Crippen LogP) is 3.81. The highest BCUT2D eigenvalue weighted by Crippen LogP contribution is 2.42. The summed E-state index contributed by atoms with van der Waals surface area (Å²) in [5.74, 6) is -0.227. The minimum atomic E-state index is -4.53. The van der Waals surface area contributed by atoms with Crippen molar-refractivity contribution in [3.63, 3.8) is 0 Å². The highest BCUT2D eigenvalue weighted by atomic mass is 19.4. The zero-order valence-electron chi connectivity index (χ0n) is 14.8. The zero-order chi connectivity index (χ0) is 19.9. The van der Waals surface area contributed by atoms with Gasteiger partial charge in [0.05, 0.1) is 24.3 Å². The van der Waals surface area contributed by atoms with Gasteiger partial charge in [-0.2, -0.15) is 13.2 Å². The Morgan fingerprint density at radius 1 is 1.14 bits per heavy atom. The van der Waals surface area contributed by atoms with Crippen LogP contribution in [0, 0.1) is 0 Å². The molecular formula is C20H19F3N2O3. The second kappa shape index (κ2) is 7.01. The first-order valence-electron chi connectivity index (χ1n) is 9.02. The van der Waals surface area contributed by atoms with Gasteiger partial charge in [-0.05, 0) is 29.7 Å². The number of nitrogens with one attached hydrogen (secondary N) is 2. The molecule has 2 aromatic carbocycles. The van der Waals surface area contributed by atoms with E-state index in [1.165, 1.54) is 12.1 Å². The average Bonchev–Trinajstić information content (AvgIpc) is 3.02. The number of benzene rings is 2. The summed E-state index contributed by atoms with van der Waals surface area (Å²) in [5.41, 5.74) is 1.94. The van der Waals surface area contributed by atoms with Crippen molar-refractivity contribution in [2.75, 3.05) is 11.9 Å². The monoisotopic (exact) mass is 392 g/mol. The second-order valence-corrected chi connectivity index (χ2v) is 7.02. The molecule has 0 saturated carbocycles. The van der Waals surface area contributed by atoms with Gasteiger partial charge >= 0.3 is 12.2 Å². The number of carbonyl (C=O) groups excluding carboxylic acids is 1. The SMILES string of the molecule is O=C(Nc1cccc2c1C[C@H](O)C2)N[C@@H]1CCOc2c1cccc2C(F)(F)F. The summed E-state index contributed by atoms with van der Waals surface area (Å²) >= 11 is 0. The Hall–Kier alpha value is -2.74. The second-order valence-electron chi connectivity index (χ2n) is 7.02. The van der Waals surface area contributed by atoms with Crippen LogP contribution in [0.25, 0.3) is 0 Å². The van der Waals surface area contributed by atoms with Crippen molar-refractivity contribution in [2.24, 2.45) is 0 Å². The van der Waals surface area contributed by atoms with Crippen molar-refractivity contribution in [1.82, 2.24) is 5.32 Å². The first kappa shape index (κ1) is 18.6. The van der Waals surface area contributed by atoms with Crippen molar-refractivity contribution in [3.8, 4) is 5.75 Å². The number of para-hydroxylation sites is 1. The van der Waals surface area contributed by atoms with Crippen LogP contribution in [0.4, 0.5) is 23.7 Å². The van der Waals surface area contributed by atoms with E-state index in [0.717, 1.165) is 17.2 Å². The van der Waals surface area contributed by atoms with Gasteiger partial charge in [-0.3, -0.25) is 0 Å². The lowest BCUT2D eigenvalue weighted by Crippen LogP contribution is -2.36. The van der Waals surface area contributed by atoms with Gasteiger partial charge in [0.15, 0.2) is 0 Å². The van der Waals surface area contributed by atoms with Crippen LogP contribution in [0.1, 0.15) is 34.7 Å². The minimum absolute atomic E-state index is 0.0813. The number of hydrogen-bond donors (Lipinski definition) is 3. The highest BCUT2D eigenvalue weighted by molar-refractivity contribution is 5.90. The van der Waals surface area contributed by atoms with Crippen molar-refractivity contribution in [2.45, 2.75) is 37.6 Å². The number of hydrogen-bond acceptors (Lipinski definition) is 3. The molecule has 0 fully saturated rings. The van der Waals surface area contributed by atoms with E-state index in [9.17, 15) is 23.1 Å². The number of urea groups is 1. The number of fused-ring (bicyclic) bond motifs is 2. The number of aliphatic hydroxyl groups excluding tert-OH is 1. The van der Waals surface area contributed by atoms with Crippen LogP contribution in [0.15, 0.2) is 36.4 Å². The van der Waals surface area contributed by atoms with Crippen molar-refractivity contribution < 1.29 is 27.8 Å². The molecule has 1 heterocycles. The van der Waals surface area contributed by atoms with E-state index in [0.29, 0.717) is 30.5 Å². The van der Waals surface area contributed by atoms with Crippen LogP contribution in [0.5, 0.6) is 5.75 Å². The van der Waals surface area contributed by atoms with Crippen molar-refractivity contribution in [1.29, 1.82) is 0 Å². The molecule has 3 N–H and O–H groups in total. The van der Waals surface area contributed by atoms with Gasteiger partial charge in [0.25, 0.3) is 0 Å². The third-order valence-electron chi connectivity index (χ3n) is 5.10. The molecular weight excluding hydrogens is 373 g/mol. The summed E-state index contributed by atoms with van der Waals surface area (Å²) in [6, 6.07) is 8.17. The molecule has 2 aromatic rings. The van der Waals surface area contributed by atoms with Crippen molar-refractivity contribution >= 4 is 11.7 Å². The van der Waals surface area contributed by atoms with Crippen LogP contribution >= 0.6 is 0 Å². The summed E-state index contributed by atoms with van der Waals surface area (Å²) in [5, 5.41) is 15.3. The Morgan fingerprint density at radius 3 is 2.71 bits per heavy atom. The number of amides is 2. The van der Waals surface area contributed by atoms with Crippen molar-refractivity contribution in [3.05, 3.63) is 58.7 Å². The maximum absolute atomic E-state index is 13.2. The maximum Gasteiger partial charge on any atom is 0.419 e. The number of alkyl halides is 3. The summed E-state index contributed by atoms with van der Waals surface area (Å²) in [4.78, 5) is 12.5. The molecule has 8 heteroatoms. The van der Waals surface area contributed by atoms with Gasteiger partial charge < -0.3 is 20.5 Å². The number of aliphatic hydroxyl groups is 1. The van der Waals surface area contributed by atoms with E-state index in [2.05, 4.69) is 10.6 Å². The molecule has 0 radical (unpaired) electrons. The zero-order valence-corrected chi connectivity index (χ0v) is 14.8. The van der Waals surface area contributed by atoms with Gasteiger partial charge in [-0.1, -0.05) is 24.3 Å². The van der Waals surface area contributed by atoms with Gasteiger partial charge in [-0.15, -0.1) is 0 Å². The molecule has 0 unspecified atom stereocenters. The molecule has 28 heavy (non-hydrogen) atoms. The van der Waals surface area contributed by atoms with Crippen LogP contribution in [0.2, 0.25) is 0 Å². The number of carbonyl (C=O) groups is 1. The average molecular weight is 392 g/mol. The summed E-state index contributed by atoms with van der Waals surface area (Å²) in [7, 11) is 0. The Morgan fingerprint density at radius 2 is 1.93 bits per heavy atom. The third kappa shape index (κ3) is 3.52. The molecule has 2 aliphatic rings. The molecule has 2 atom stereocenters. The van der Waals surface area contributed by atoms with Gasteiger partial charge in [0, 0.05) is 24.1 Å². The minimum Gasteiger partial charge on any atom is -0.492 e. The lowest BCUT2D eigenvalue weighted by Gasteiger charge is -2.29. The first-order valence-corrected chi connectivity index (χ1v) is 9.02. The third-order valence-corrected chi connectivity index (χ3v) is 5.10. The van der Waals surface area contributed by atoms with E-state index in [1.807, 2.05) is 6.07 Å². The Labute approximate surface area is 159 Å². The maximum atomic E-state index is 13.2. The molecule has 1 aliphatic heterocycles. The lowest BCUT2D eigenvalue weighted by molar-refractivity contribution is -0.139. The van der Waals surface area contributed by atoms with E-state index in [1.54, 1.807) is 12.1 Å². The number of ether oxygens (including phenoxy) is 1. The molecule has 0 spiro atoms. The van der Waals surface area contributed by atoms with Crippen LogP contribution < -0.4 is 15.4 Å². The number of halogens is 3. The topological polar surface area (TPSA) is 70.6 Å². The van der Waals surface area contributed by atoms with E-state index in [4.69, 9.17) is 4.74 Å². The number of rotatable bonds is 2. The molecule has 4 rings (SSSR count). The lowest BCUT2D eigenvalue weighted by atomic mass is 9.97. The van der Waals surface area contributed by atoms with Crippen LogP contribution in [0.3, 0.4) is 0 Å². The smallest absolute Gasteiger partial charge is 0.419 e. The molecule has 0 bridgehead atoms.